The van der Waals surface area contributed by atoms with Crippen LogP contribution in [0, 0.1) is 0 Å². The van der Waals surface area contributed by atoms with Gasteiger partial charge in [-0.3, -0.25) is 4.79 Å². The quantitative estimate of drug-likeness (QED) is 0.733. The molecule has 1 aromatic heterocycles. The van der Waals surface area contributed by atoms with Crippen molar-refractivity contribution in [1.82, 2.24) is 9.97 Å². The number of anilines is 1. The number of hydrogen-bond acceptors (Lipinski definition) is 3. The zero-order valence-corrected chi connectivity index (χ0v) is 7.03. The fraction of sp³-hybridized carbons (Fsp3) is 0.222. The molecule has 0 aliphatic heterocycles. The average molecular weight is 175 g/mol. The number of rotatable bonds is 2. The van der Waals surface area contributed by atoms with Gasteiger partial charge in [0.25, 0.3) is 5.91 Å². The fourth-order valence-corrected chi connectivity index (χ4v) is 1.07. The lowest BCUT2D eigenvalue weighted by Crippen LogP contribution is -2.17. The molecule has 4 heteroatoms. The number of allylic oxidation sites excluding steroid dienone is 1. The molecule has 13 heavy (non-hydrogen) atoms. The first-order valence-corrected chi connectivity index (χ1v) is 4.11. The maximum absolute atomic E-state index is 11.4. The van der Waals surface area contributed by atoms with E-state index in [0.29, 0.717) is 5.69 Å². The minimum Gasteiger partial charge on any atom is -0.320 e. The van der Waals surface area contributed by atoms with Crippen molar-refractivity contribution in [3.63, 3.8) is 0 Å². The highest BCUT2D eigenvalue weighted by Crippen LogP contribution is 2.19. The molecule has 0 aromatic carbocycles. The molecule has 1 amide bonds. The Hall–Kier alpha value is -1.71. The normalized spacial score (nSPS) is 14.3. The third-order valence-corrected chi connectivity index (χ3v) is 1.91. The van der Waals surface area contributed by atoms with Crippen LogP contribution >= 0.6 is 0 Å². The van der Waals surface area contributed by atoms with Crippen molar-refractivity contribution in [1.29, 1.82) is 0 Å². The minimum absolute atomic E-state index is 0.0407. The first-order chi connectivity index (χ1) is 6.36. The van der Waals surface area contributed by atoms with E-state index in [4.69, 9.17) is 0 Å². The summed E-state index contributed by atoms with van der Waals surface area (Å²) in [6.45, 7) is 0. The SMILES string of the molecule is O=C(Nc1cncnc1)C1=CCC1. The number of amides is 1. The zero-order chi connectivity index (χ0) is 9.10. The molecular weight excluding hydrogens is 166 g/mol. The van der Waals surface area contributed by atoms with Crippen LogP contribution in [0.1, 0.15) is 12.8 Å². The van der Waals surface area contributed by atoms with E-state index in [2.05, 4.69) is 15.3 Å². The number of hydrogen-bond donors (Lipinski definition) is 1. The molecule has 0 unspecified atom stereocenters. The predicted octanol–water partition coefficient (Wildman–Crippen LogP) is 1.14. The summed E-state index contributed by atoms with van der Waals surface area (Å²) >= 11 is 0. The molecule has 0 radical (unpaired) electrons. The smallest absolute Gasteiger partial charge is 0.251 e. The maximum Gasteiger partial charge on any atom is 0.251 e. The van der Waals surface area contributed by atoms with Gasteiger partial charge in [-0.1, -0.05) is 6.08 Å². The summed E-state index contributed by atoms with van der Waals surface area (Å²) in [6.07, 6.45) is 8.39. The summed E-state index contributed by atoms with van der Waals surface area (Å²) in [6, 6.07) is 0. The standard InChI is InChI=1S/C9H9N3O/c13-9(7-2-1-3-7)12-8-4-10-6-11-5-8/h2,4-6H,1,3H2,(H,12,13). The molecule has 0 atom stereocenters. The van der Waals surface area contributed by atoms with Crippen molar-refractivity contribution in [3.8, 4) is 0 Å². The number of carbonyl (C=O) groups is 1. The van der Waals surface area contributed by atoms with Crippen LogP contribution in [0.15, 0.2) is 30.4 Å². The first-order valence-electron chi connectivity index (χ1n) is 4.11. The summed E-state index contributed by atoms with van der Waals surface area (Å²) in [7, 11) is 0. The van der Waals surface area contributed by atoms with E-state index in [0.717, 1.165) is 18.4 Å². The molecule has 0 saturated carbocycles. The van der Waals surface area contributed by atoms with Crippen LogP contribution in [-0.4, -0.2) is 15.9 Å². The second-order valence-electron chi connectivity index (χ2n) is 2.85. The summed E-state index contributed by atoms with van der Waals surface area (Å²) in [5.41, 5.74) is 1.49. The number of nitrogens with zero attached hydrogens (tertiary/aromatic N) is 2. The number of nitrogens with one attached hydrogen (secondary N) is 1. The molecule has 1 aliphatic rings. The highest BCUT2D eigenvalue weighted by atomic mass is 16.1. The predicted molar refractivity (Wildman–Crippen MR) is 48.0 cm³/mol. The van der Waals surface area contributed by atoms with Gasteiger partial charge in [-0.2, -0.15) is 0 Å². The van der Waals surface area contributed by atoms with Gasteiger partial charge in [0.15, 0.2) is 0 Å². The Morgan fingerprint density at radius 3 is 2.62 bits per heavy atom. The summed E-state index contributed by atoms with van der Waals surface area (Å²) < 4.78 is 0. The lowest BCUT2D eigenvalue weighted by atomic mass is 9.98. The first kappa shape index (κ1) is 7.91. The minimum atomic E-state index is -0.0407. The van der Waals surface area contributed by atoms with Gasteiger partial charge in [-0.15, -0.1) is 0 Å². The monoisotopic (exact) mass is 175 g/mol. The highest BCUT2D eigenvalue weighted by Gasteiger charge is 2.14. The third-order valence-electron chi connectivity index (χ3n) is 1.91. The van der Waals surface area contributed by atoms with Crippen molar-refractivity contribution in [2.75, 3.05) is 5.32 Å². The largest absolute Gasteiger partial charge is 0.320 e. The molecule has 0 bridgehead atoms. The summed E-state index contributed by atoms with van der Waals surface area (Å²) in [5, 5.41) is 2.71. The van der Waals surface area contributed by atoms with Gasteiger partial charge >= 0.3 is 0 Å². The third kappa shape index (κ3) is 1.72. The van der Waals surface area contributed by atoms with Crippen LogP contribution in [0.5, 0.6) is 0 Å². The molecule has 1 heterocycles. The van der Waals surface area contributed by atoms with Gasteiger partial charge in [-0.25, -0.2) is 9.97 Å². The van der Waals surface area contributed by atoms with E-state index in [1.165, 1.54) is 6.33 Å². The van der Waals surface area contributed by atoms with Crippen LogP contribution in [-0.2, 0) is 4.79 Å². The Balaban J connectivity index is 2.02. The Labute approximate surface area is 75.7 Å². The van der Waals surface area contributed by atoms with Crippen molar-refractivity contribution >= 4 is 11.6 Å². The van der Waals surface area contributed by atoms with Gasteiger partial charge in [-0.05, 0) is 12.8 Å². The highest BCUT2D eigenvalue weighted by molar-refractivity contribution is 6.04. The van der Waals surface area contributed by atoms with Crippen molar-refractivity contribution in [2.24, 2.45) is 0 Å². The van der Waals surface area contributed by atoms with Gasteiger partial charge in [0.05, 0.1) is 18.1 Å². The van der Waals surface area contributed by atoms with Gasteiger partial charge in [0.1, 0.15) is 6.33 Å². The molecule has 4 nitrogen and oxygen atoms in total. The summed E-state index contributed by atoms with van der Waals surface area (Å²) in [5.74, 6) is -0.0407. The Bertz CT molecular complexity index is 345. The molecule has 2 rings (SSSR count). The van der Waals surface area contributed by atoms with Gasteiger partial charge in [0, 0.05) is 5.57 Å². The van der Waals surface area contributed by atoms with Crippen molar-refractivity contribution in [3.05, 3.63) is 30.4 Å². The Morgan fingerprint density at radius 1 is 1.38 bits per heavy atom. The molecule has 0 fully saturated rings. The van der Waals surface area contributed by atoms with Crippen LogP contribution < -0.4 is 5.32 Å². The molecular formula is C9H9N3O. The van der Waals surface area contributed by atoms with Gasteiger partial charge < -0.3 is 5.32 Å². The molecule has 66 valence electrons. The molecule has 0 spiro atoms. The van der Waals surface area contributed by atoms with Crippen molar-refractivity contribution < 1.29 is 4.79 Å². The van der Waals surface area contributed by atoms with Crippen LogP contribution in [0.4, 0.5) is 5.69 Å². The van der Waals surface area contributed by atoms with E-state index >= 15 is 0 Å². The Kier molecular flexibility index (Phi) is 2.04. The molecule has 0 saturated heterocycles. The Morgan fingerprint density at radius 2 is 2.08 bits per heavy atom. The van der Waals surface area contributed by atoms with E-state index in [1.807, 2.05) is 6.08 Å². The lowest BCUT2D eigenvalue weighted by Gasteiger charge is -2.13. The maximum atomic E-state index is 11.4. The molecule has 1 aromatic rings. The second-order valence-corrected chi connectivity index (χ2v) is 2.85. The zero-order valence-electron chi connectivity index (χ0n) is 7.03. The number of aromatic nitrogens is 2. The molecule has 1 aliphatic carbocycles. The molecule has 1 N–H and O–H groups in total. The van der Waals surface area contributed by atoms with Gasteiger partial charge in [0.2, 0.25) is 0 Å². The van der Waals surface area contributed by atoms with Crippen LogP contribution in [0.3, 0.4) is 0 Å². The van der Waals surface area contributed by atoms with Crippen molar-refractivity contribution in [2.45, 2.75) is 12.8 Å². The average Bonchev–Trinajstić information content (AvgIpc) is 2.02. The topological polar surface area (TPSA) is 54.9 Å². The van der Waals surface area contributed by atoms with E-state index < -0.39 is 0 Å². The van der Waals surface area contributed by atoms with Crippen LogP contribution in [0.25, 0.3) is 0 Å². The van der Waals surface area contributed by atoms with E-state index in [-0.39, 0.29) is 5.91 Å². The summed E-state index contributed by atoms with van der Waals surface area (Å²) in [4.78, 5) is 19.0. The fourth-order valence-electron chi connectivity index (χ4n) is 1.07. The van der Waals surface area contributed by atoms with E-state index in [9.17, 15) is 4.79 Å². The lowest BCUT2D eigenvalue weighted by molar-refractivity contribution is -0.113. The van der Waals surface area contributed by atoms with Crippen LogP contribution in [0.2, 0.25) is 0 Å². The second kappa shape index (κ2) is 3.35. The van der Waals surface area contributed by atoms with E-state index in [1.54, 1.807) is 12.4 Å². The number of carbonyl (C=O) groups excluding carboxylic acids is 1.